The second-order valence-electron chi connectivity index (χ2n) is 5.95. The Morgan fingerprint density at radius 2 is 2.26 bits per heavy atom. The van der Waals surface area contributed by atoms with E-state index in [1.54, 1.807) is 17.7 Å². The Bertz CT molecular complexity index is 981. The summed E-state index contributed by atoms with van der Waals surface area (Å²) in [6, 6.07) is 6.27. The van der Waals surface area contributed by atoms with E-state index >= 15 is 0 Å². The summed E-state index contributed by atoms with van der Waals surface area (Å²) in [7, 11) is 0. The van der Waals surface area contributed by atoms with Gasteiger partial charge in [-0.15, -0.1) is 21.5 Å². The van der Waals surface area contributed by atoms with Crippen LogP contribution in [0.5, 0.6) is 0 Å². The van der Waals surface area contributed by atoms with E-state index in [0.29, 0.717) is 23.1 Å². The number of carbonyl (C=O) groups excluding carboxylic acids is 1. The van der Waals surface area contributed by atoms with Crippen molar-refractivity contribution < 1.29 is 4.79 Å². The molecule has 27 heavy (non-hydrogen) atoms. The summed E-state index contributed by atoms with van der Waals surface area (Å²) in [5.74, 6) is 0.585. The monoisotopic (exact) mass is 400 g/mol. The molecular formula is C18H20N6OS2. The zero-order valence-corrected chi connectivity index (χ0v) is 17.0. The topological polar surface area (TPSA) is 88.5 Å². The Hall–Kier alpha value is -2.57. The molecule has 140 valence electrons. The molecule has 0 saturated heterocycles. The zero-order chi connectivity index (χ0) is 19.4. The number of thioether (sulfide) groups is 1. The fourth-order valence-corrected chi connectivity index (χ4v) is 4.23. The molecule has 0 spiro atoms. The number of rotatable bonds is 7. The van der Waals surface area contributed by atoms with Gasteiger partial charge in [0.1, 0.15) is 18.2 Å². The summed E-state index contributed by atoms with van der Waals surface area (Å²) in [4.78, 5) is 13.7. The summed E-state index contributed by atoms with van der Waals surface area (Å²) in [6.45, 7) is 7.25. The smallest absolute Gasteiger partial charge is 0.235 e. The largest absolute Gasteiger partial charge is 0.325 e. The molecule has 0 atom stereocenters. The van der Waals surface area contributed by atoms with Crippen molar-refractivity contribution in [2.75, 3.05) is 11.1 Å². The van der Waals surface area contributed by atoms with E-state index in [2.05, 4.69) is 21.6 Å². The normalized spacial score (nSPS) is 10.7. The number of aryl methyl sites for hydroxylation is 1. The number of nitrogens with one attached hydrogen (secondary N) is 1. The van der Waals surface area contributed by atoms with Crippen molar-refractivity contribution in [1.29, 1.82) is 5.26 Å². The van der Waals surface area contributed by atoms with Gasteiger partial charge in [-0.05, 0) is 37.8 Å². The lowest BCUT2D eigenvalue weighted by Gasteiger charge is -2.12. The molecule has 3 aromatic heterocycles. The summed E-state index contributed by atoms with van der Waals surface area (Å²) >= 11 is 2.98. The van der Waals surface area contributed by atoms with Crippen LogP contribution in [0.1, 0.15) is 28.6 Å². The number of hydrogen-bond donors (Lipinski definition) is 1. The summed E-state index contributed by atoms with van der Waals surface area (Å²) < 4.78 is 3.88. The molecule has 0 aromatic carbocycles. The van der Waals surface area contributed by atoms with Gasteiger partial charge in [-0.25, -0.2) is 0 Å². The minimum atomic E-state index is -0.174. The number of hydrogen-bond acceptors (Lipinski definition) is 6. The molecule has 0 aliphatic rings. The number of carbonyl (C=O) groups is 1. The molecule has 9 heteroatoms. The van der Waals surface area contributed by atoms with Crippen molar-refractivity contribution in [3.05, 3.63) is 45.5 Å². The van der Waals surface area contributed by atoms with Gasteiger partial charge in [0.15, 0.2) is 5.16 Å². The van der Waals surface area contributed by atoms with Crippen LogP contribution in [0.25, 0.3) is 0 Å². The lowest BCUT2D eigenvalue weighted by molar-refractivity contribution is -0.113. The van der Waals surface area contributed by atoms with Gasteiger partial charge in [0.05, 0.1) is 17.9 Å². The van der Waals surface area contributed by atoms with Crippen LogP contribution in [0.2, 0.25) is 0 Å². The average molecular weight is 401 g/mol. The summed E-state index contributed by atoms with van der Waals surface area (Å²) in [5, 5.41) is 23.1. The first-order chi connectivity index (χ1) is 13.0. The van der Waals surface area contributed by atoms with Crippen LogP contribution in [-0.4, -0.2) is 31.0 Å². The highest BCUT2D eigenvalue weighted by molar-refractivity contribution is 7.99. The Morgan fingerprint density at radius 1 is 1.44 bits per heavy atom. The van der Waals surface area contributed by atoms with Gasteiger partial charge < -0.3 is 14.5 Å². The number of aromatic nitrogens is 4. The predicted octanol–water partition coefficient (Wildman–Crippen LogP) is 3.43. The minimum Gasteiger partial charge on any atom is -0.325 e. The molecule has 0 aliphatic heterocycles. The van der Waals surface area contributed by atoms with Gasteiger partial charge in [-0.1, -0.05) is 17.8 Å². The molecule has 0 aliphatic carbocycles. The molecular weight excluding hydrogens is 380 g/mol. The Labute approximate surface area is 166 Å². The maximum atomic E-state index is 12.5. The molecule has 1 N–H and O–H groups in total. The molecule has 0 radical (unpaired) electrons. The van der Waals surface area contributed by atoms with Crippen molar-refractivity contribution in [2.45, 2.75) is 39.0 Å². The molecule has 0 saturated carbocycles. The molecule has 0 bridgehead atoms. The first-order valence-corrected chi connectivity index (χ1v) is 10.3. The quantitative estimate of drug-likeness (QED) is 0.614. The van der Waals surface area contributed by atoms with E-state index in [1.807, 2.05) is 47.4 Å². The highest BCUT2D eigenvalue weighted by Crippen LogP contribution is 2.28. The van der Waals surface area contributed by atoms with Gasteiger partial charge in [-0.2, -0.15) is 5.26 Å². The van der Waals surface area contributed by atoms with Crippen LogP contribution in [0, 0.1) is 25.2 Å². The van der Waals surface area contributed by atoms with Gasteiger partial charge in [0, 0.05) is 17.1 Å². The van der Waals surface area contributed by atoms with E-state index < -0.39 is 0 Å². The van der Waals surface area contributed by atoms with Gasteiger partial charge in [0.2, 0.25) is 5.91 Å². The highest BCUT2D eigenvalue weighted by Gasteiger charge is 2.20. The average Bonchev–Trinajstić information content (AvgIpc) is 3.38. The maximum Gasteiger partial charge on any atom is 0.235 e. The zero-order valence-electron chi connectivity index (χ0n) is 15.4. The summed E-state index contributed by atoms with van der Waals surface area (Å²) in [6.07, 6.45) is 1.65. The molecule has 0 fully saturated rings. The number of nitriles is 1. The summed E-state index contributed by atoms with van der Waals surface area (Å²) in [5.41, 5.74) is 2.38. The van der Waals surface area contributed by atoms with Gasteiger partial charge in [0.25, 0.3) is 0 Å². The fourth-order valence-electron chi connectivity index (χ4n) is 2.76. The third-order valence-electron chi connectivity index (χ3n) is 4.35. The van der Waals surface area contributed by atoms with Crippen LogP contribution in [-0.2, 0) is 17.9 Å². The fraction of sp³-hybridized carbons (Fsp3) is 0.333. The number of thiophene rings is 1. The lowest BCUT2D eigenvalue weighted by atomic mass is 10.2. The Morgan fingerprint density at radius 3 is 2.93 bits per heavy atom. The van der Waals surface area contributed by atoms with Crippen molar-refractivity contribution in [3.8, 4) is 6.07 Å². The van der Waals surface area contributed by atoms with Gasteiger partial charge >= 0.3 is 0 Å². The SMILES string of the molecule is CCn1cnnc1SCC(=O)Nc1c(C#N)c(C)c(C)n1Cc1cccs1. The lowest BCUT2D eigenvalue weighted by Crippen LogP contribution is -2.18. The molecule has 7 nitrogen and oxygen atoms in total. The maximum absolute atomic E-state index is 12.5. The van der Waals surface area contributed by atoms with Crippen LogP contribution < -0.4 is 5.32 Å². The van der Waals surface area contributed by atoms with E-state index in [-0.39, 0.29) is 11.7 Å². The van der Waals surface area contributed by atoms with E-state index in [0.717, 1.165) is 17.8 Å². The third-order valence-corrected chi connectivity index (χ3v) is 6.19. The Kier molecular flexibility index (Phi) is 5.98. The number of nitrogens with zero attached hydrogens (tertiary/aromatic N) is 5. The van der Waals surface area contributed by atoms with E-state index in [1.165, 1.54) is 16.6 Å². The molecule has 3 aromatic rings. The third kappa shape index (κ3) is 4.07. The second kappa shape index (κ2) is 8.41. The second-order valence-corrected chi connectivity index (χ2v) is 7.92. The number of anilines is 1. The standard InChI is InChI=1S/C18H20N6OS2/c1-4-23-11-20-22-18(23)27-10-16(25)21-17-15(8-19)12(2)13(3)24(17)9-14-6-5-7-26-14/h5-7,11H,4,9-10H2,1-3H3,(H,21,25). The van der Waals surface area contributed by atoms with Crippen molar-refractivity contribution >= 4 is 34.8 Å². The molecule has 3 heterocycles. The van der Waals surface area contributed by atoms with E-state index in [4.69, 9.17) is 0 Å². The van der Waals surface area contributed by atoms with Crippen molar-refractivity contribution in [3.63, 3.8) is 0 Å². The van der Waals surface area contributed by atoms with Crippen LogP contribution in [0.3, 0.4) is 0 Å². The first-order valence-electron chi connectivity index (χ1n) is 8.47. The molecule has 0 unspecified atom stereocenters. The Balaban J connectivity index is 1.79. The number of amides is 1. The van der Waals surface area contributed by atoms with Crippen molar-refractivity contribution in [1.82, 2.24) is 19.3 Å². The van der Waals surface area contributed by atoms with Crippen molar-refractivity contribution in [2.24, 2.45) is 0 Å². The van der Waals surface area contributed by atoms with Crippen LogP contribution >= 0.6 is 23.1 Å². The first kappa shape index (κ1) is 19.2. The van der Waals surface area contributed by atoms with Gasteiger partial charge in [-0.3, -0.25) is 4.79 Å². The van der Waals surface area contributed by atoms with E-state index in [9.17, 15) is 10.1 Å². The highest BCUT2D eigenvalue weighted by atomic mass is 32.2. The molecule has 3 rings (SSSR count). The van der Waals surface area contributed by atoms with Crippen LogP contribution in [0.4, 0.5) is 5.82 Å². The minimum absolute atomic E-state index is 0.174. The molecule has 1 amide bonds. The van der Waals surface area contributed by atoms with Crippen LogP contribution in [0.15, 0.2) is 29.0 Å². The predicted molar refractivity (Wildman–Crippen MR) is 107 cm³/mol.